The largest absolute Gasteiger partial charge is 0.493 e. The predicted molar refractivity (Wildman–Crippen MR) is 81.7 cm³/mol. The number of anilines is 1. The van der Waals surface area contributed by atoms with Gasteiger partial charge in [-0.25, -0.2) is 0 Å². The van der Waals surface area contributed by atoms with Crippen molar-refractivity contribution in [1.82, 2.24) is 9.78 Å². The number of ether oxygens (including phenoxy) is 2. The summed E-state index contributed by atoms with van der Waals surface area (Å²) >= 11 is 0. The highest BCUT2D eigenvalue weighted by atomic mass is 16.6. The highest BCUT2D eigenvalue weighted by molar-refractivity contribution is 5.91. The molecule has 0 saturated heterocycles. The third kappa shape index (κ3) is 3.96. The number of rotatable bonds is 6. The Labute approximate surface area is 132 Å². The Morgan fingerprint density at radius 2 is 2.13 bits per heavy atom. The van der Waals surface area contributed by atoms with Gasteiger partial charge in [0.25, 0.3) is 11.6 Å². The van der Waals surface area contributed by atoms with Gasteiger partial charge >= 0.3 is 0 Å². The van der Waals surface area contributed by atoms with E-state index >= 15 is 0 Å². The van der Waals surface area contributed by atoms with Crippen molar-refractivity contribution in [2.24, 2.45) is 7.05 Å². The van der Waals surface area contributed by atoms with Crippen molar-refractivity contribution in [3.63, 3.8) is 0 Å². The Morgan fingerprint density at radius 1 is 1.39 bits per heavy atom. The van der Waals surface area contributed by atoms with Gasteiger partial charge in [0.05, 0.1) is 23.8 Å². The van der Waals surface area contributed by atoms with E-state index in [1.54, 1.807) is 17.8 Å². The Balaban J connectivity index is 2.01. The third-order valence-electron chi connectivity index (χ3n) is 2.99. The number of carbonyl (C=O) groups is 1. The van der Waals surface area contributed by atoms with E-state index in [1.165, 1.54) is 25.3 Å². The van der Waals surface area contributed by atoms with Crippen LogP contribution in [0.5, 0.6) is 11.5 Å². The molecular weight excluding hydrogens is 304 g/mol. The van der Waals surface area contributed by atoms with Crippen molar-refractivity contribution in [2.45, 2.75) is 6.92 Å². The summed E-state index contributed by atoms with van der Waals surface area (Å²) in [6.45, 7) is 1.55. The van der Waals surface area contributed by atoms with Gasteiger partial charge in [0.15, 0.2) is 18.1 Å². The number of nitrogens with zero attached hydrogens (tertiary/aromatic N) is 3. The smallest absolute Gasteiger partial charge is 0.273 e. The first-order valence-corrected chi connectivity index (χ1v) is 6.66. The maximum absolute atomic E-state index is 11.9. The number of methoxy groups -OCH3 is 1. The van der Waals surface area contributed by atoms with Crippen LogP contribution in [0.2, 0.25) is 0 Å². The lowest BCUT2D eigenvalue weighted by molar-refractivity contribution is -0.384. The number of hydrogen-bond donors (Lipinski definition) is 1. The zero-order chi connectivity index (χ0) is 17.0. The monoisotopic (exact) mass is 320 g/mol. The van der Waals surface area contributed by atoms with E-state index in [0.717, 1.165) is 5.69 Å². The number of aryl methyl sites for hydroxylation is 2. The van der Waals surface area contributed by atoms with Crippen molar-refractivity contribution >= 4 is 17.4 Å². The SMILES string of the molecule is COc1cc([N+](=O)[O-])ccc1OCC(=O)Nc1cc(C)nn1C. The number of nitrogens with one attached hydrogen (secondary N) is 1. The molecule has 0 fully saturated rings. The van der Waals surface area contributed by atoms with Gasteiger partial charge < -0.3 is 14.8 Å². The molecule has 0 saturated carbocycles. The molecule has 0 atom stereocenters. The Morgan fingerprint density at radius 3 is 2.70 bits per heavy atom. The van der Waals surface area contributed by atoms with Crippen LogP contribution in [0.1, 0.15) is 5.69 Å². The quantitative estimate of drug-likeness (QED) is 0.640. The topological polar surface area (TPSA) is 109 Å². The molecule has 9 heteroatoms. The summed E-state index contributed by atoms with van der Waals surface area (Å²) in [5, 5.41) is 17.5. The molecule has 0 bridgehead atoms. The third-order valence-corrected chi connectivity index (χ3v) is 2.99. The average Bonchev–Trinajstić information content (AvgIpc) is 2.82. The van der Waals surface area contributed by atoms with Crippen LogP contribution in [0.25, 0.3) is 0 Å². The van der Waals surface area contributed by atoms with E-state index in [2.05, 4.69) is 10.4 Å². The van der Waals surface area contributed by atoms with Gasteiger partial charge in [-0.05, 0) is 13.0 Å². The number of nitro groups is 1. The van der Waals surface area contributed by atoms with E-state index in [9.17, 15) is 14.9 Å². The van der Waals surface area contributed by atoms with Gasteiger partial charge in [-0.3, -0.25) is 19.6 Å². The summed E-state index contributed by atoms with van der Waals surface area (Å²) in [5.74, 6) is 0.595. The summed E-state index contributed by atoms with van der Waals surface area (Å²) in [6, 6.07) is 5.63. The summed E-state index contributed by atoms with van der Waals surface area (Å²) in [7, 11) is 3.08. The molecule has 0 aliphatic rings. The molecule has 0 spiro atoms. The standard InChI is InChI=1S/C14H16N4O5/c1-9-6-13(17(2)16-9)15-14(19)8-23-11-5-4-10(18(20)21)7-12(11)22-3/h4-7H,8H2,1-3H3,(H,15,19). The van der Waals surface area contributed by atoms with Gasteiger partial charge in [0.1, 0.15) is 5.82 Å². The van der Waals surface area contributed by atoms with E-state index in [0.29, 0.717) is 5.82 Å². The van der Waals surface area contributed by atoms with Crippen molar-refractivity contribution in [3.8, 4) is 11.5 Å². The number of amides is 1. The number of hydrogen-bond acceptors (Lipinski definition) is 6. The van der Waals surface area contributed by atoms with Crippen LogP contribution >= 0.6 is 0 Å². The van der Waals surface area contributed by atoms with Crippen molar-refractivity contribution in [1.29, 1.82) is 0 Å². The molecule has 1 aromatic heterocycles. The molecule has 0 unspecified atom stereocenters. The fourth-order valence-corrected chi connectivity index (χ4v) is 1.94. The number of carbonyl (C=O) groups excluding carboxylic acids is 1. The van der Waals surface area contributed by atoms with Gasteiger partial charge in [-0.1, -0.05) is 0 Å². The molecular formula is C14H16N4O5. The first-order valence-electron chi connectivity index (χ1n) is 6.66. The van der Waals surface area contributed by atoms with Gasteiger partial charge in [-0.2, -0.15) is 5.10 Å². The fourth-order valence-electron chi connectivity index (χ4n) is 1.94. The Hall–Kier alpha value is -3.10. The first kappa shape index (κ1) is 16.3. The molecule has 9 nitrogen and oxygen atoms in total. The number of benzene rings is 1. The number of aromatic nitrogens is 2. The maximum Gasteiger partial charge on any atom is 0.273 e. The van der Waals surface area contributed by atoms with E-state index in [1.807, 2.05) is 6.92 Å². The van der Waals surface area contributed by atoms with Crippen LogP contribution in [0.4, 0.5) is 11.5 Å². The lowest BCUT2D eigenvalue weighted by Gasteiger charge is -2.10. The van der Waals surface area contributed by atoms with Crippen molar-refractivity contribution in [3.05, 3.63) is 40.1 Å². The molecule has 2 aromatic rings. The Kier molecular flexibility index (Phi) is 4.79. The molecule has 0 aliphatic heterocycles. The van der Waals surface area contributed by atoms with Crippen LogP contribution in [0, 0.1) is 17.0 Å². The van der Waals surface area contributed by atoms with Crippen LogP contribution in [0.15, 0.2) is 24.3 Å². The van der Waals surface area contributed by atoms with Crippen LogP contribution in [-0.2, 0) is 11.8 Å². The molecule has 122 valence electrons. The lowest BCUT2D eigenvalue weighted by Crippen LogP contribution is -2.21. The minimum absolute atomic E-state index is 0.121. The van der Waals surface area contributed by atoms with Crippen molar-refractivity contribution < 1.29 is 19.2 Å². The summed E-state index contributed by atoms with van der Waals surface area (Å²) < 4.78 is 11.9. The minimum atomic E-state index is -0.538. The molecule has 2 rings (SSSR count). The zero-order valence-electron chi connectivity index (χ0n) is 12.9. The summed E-state index contributed by atoms with van der Waals surface area (Å²) in [6.07, 6.45) is 0. The minimum Gasteiger partial charge on any atom is -0.493 e. The fraction of sp³-hybridized carbons (Fsp3) is 0.286. The van der Waals surface area contributed by atoms with E-state index < -0.39 is 4.92 Å². The molecule has 1 N–H and O–H groups in total. The van der Waals surface area contributed by atoms with Crippen LogP contribution < -0.4 is 14.8 Å². The van der Waals surface area contributed by atoms with Crippen LogP contribution in [0.3, 0.4) is 0 Å². The van der Waals surface area contributed by atoms with E-state index in [-0.39, 0.29) is 29.7 Å². The van der Waals surface area contributed by atoms with E-state index in [4.69, 9.17) is 9.47 Å². The summed E-state index contributed by atoms with van der Waals surface area (Å²) in [5.41, 5.74) is 0.657. The van der Waals surface area contributed by atoms with Gasteiger partial charge in [-0.15, -0.1) is 0 Å². The molecule has 0 aliphatic carbocycles. The molecule has 1 aromatic carbocycles. The second kappa shape index (κ2) is 6.77. The molecule has 23 heavy (non-hydrogen) atoms. The number of non-ortho nitro benzene ring substituents is 1. The van der Waals surface area contributed by atoms with Gasteiger partial charge in [0, 0.05) is 19.2 Å². The lowest BCUT2D eigenvalue weighted by atomic mass is 10.3. The first-order chi connectivity index (χ1) is 10.9. The highest BCUT2D eigenvalue weighted by Crippen LogP contribution is 2.31. The normalized spacial score (nSPS) is 10.2. The highest BCUT2D eigenvalue weighted by Gasteiger charge is 2.14. The second-order valence-electron chi connectivity index (χ2n) is 4.72. The second-order valence-corrected chi connectivity index (χ2v) is 4.72. The molecule has 1 heterocycles. The summed E-state index contributed by atoms with van der Waals surface area (Å²) in [4.78, 5) is 22.1. The molecule has 1 amide bonds. The predicted octanol–water partition coefficient (Wildman–Crippen LogP) is 1.66. The number of nitro benzene ring substituents is 1. The zero-order valence-corrected chi connectivity index (χ0v) is 12.9. The molecule has 0 radical (unpaired) electrons. The van der Waals surface area contributed by atoms with Crippen LogP contribution in [-0.4, -0.2) is 34.3 Å². The van der Waals surface area contributed by atoms with Gasteiger partial charge in [0.2, 0.25) is 0 Å². The average molecular weight is 320 g/mol. The van der Waals surface area contributed by atoms with Crippen molar-refractivity contribution in [2.75, 3.05) is 19.0 Å². The maximum atomic E-state index is 11.9. The Bertz CT molecular complexity index is 741.